The van der Waals surface area contributed by atoms with E-state index < -0.39 is 0 Å². The van der Waals surface area contributed by atoms with Gasteiger partial charge in [0.25, 0.3) is 0 Å². The van der Waals surface area contributed by atoms with E-state index in [4.69, 9.17) is 4.74 Å². The molecule has 2 nitrogen and oxygen atoms in total. The van der Waals surface area contributed by atoms with Crippen molar-refractivity contribution in [2.24, 2.45) is 5.92 Å². The van der Waals surface area contributed by atoms with Gasteiger partial charge in [-0.15, -0.1) is 0 Å². The minimum atomic E-state index is 0.736. The topological polar surface area (TPSA) is 21.3 Å². The zero-order chi connectivity index (χ0) is 10.2. The van der Waals surface area contributed by atoms with E-state index in [1.807, 2.05) is 0 Å². The largest absolute Gasteiger partial charge is 0.382 e. The maximum atomic E-state index is 5.41. The molecule has 1 aliphatic rings. The van der Waals surface area contributed by atoms with Crippen LogP contribution in [0.15, 0.2) is 0 Å². The lowest BCUT2D eigenvalue weighted by molar-refractivity contribution is 0.131. The second kappa shape index (κ2) is 7.55. The molecule has 14 heavy (non-hydrogen) atoms. The number of ether oxygens (including phenoxy) is 1. The molecule has 0 bridgehead atoms. The van der Waals surface area contributed by atoms with Gasteiger partial charge in [0.1, 0.15) is 0 Å². The van der Waals surface area contributed by atoms with Crippen LogP contribution in [0.3, 0.4) is 0 Å². The van der Waals surface area contributed by atoms with Gasteiger partial charge in [-0.3, -0.25) is 0 Å². The Morgan fingerprint density at radius 2 is 2.21 bits per heavy atom. The van der Waals surface area contributed by atoms with Gasteiger partial charge in [-0.05, 0) is 38.0 Å². The number of thioether (sulfide) groups is 1. The van der Waals surface area contributed by atoms with E-state index in [9.17, 15) is 0 Å². The van der Waals surface area contributed by atoms with E-state index in [1.54, 1.807) is 0 Å². The van der Waals surface area contributed by atoms with E-state index in [2.05, 4.69) is 30.9 Å². The Labute approximate surface area is 92.2 Å². The molecule has 0 radical (unpaired) electrons. The standard InChI is InChI=1S/C11H23NOS/c1-3-6-12-11-9-14-8-10(11)5-7-13-4-2/h10-12H,3-9H2,1-2H3. The van der Waals surface area contributed by atoms with Crippen LogP contribution in [-0.4, -0.2) is 37.3 Å². The Kier molecular flexibility index (Phi) is 6.65. The average Bonchev–Trinajstić information content (AvgIpc) is 2.63. The van der Waals surface area contributed by atoms with Crippen LogP contribution < -0.4 is 5.32 Å². The Morgan fingerprint density at radius 1 is 1.36 bits per heavy atom. The summed E-state index contributed by atoms with van der Waals surface area (Å²) >= 11 is 2.08. The molecular weight excluding hydrogens is 194 g/mol. The second-order valence-electron chi connectivity index (χ2n) is 3.84. The van der Waals surface area contributed by atoms with Crippen molar-refractivity contribution in [3.63, 3.8) is 0 Å². The Morgan fingerprint density at radius 3 is 2.93 bits per heavy atom. The monoisotopic (exact) mass is 217 g/mol. The van der Waals surface area contributed by atoms with Crippen LogP contribution in [-0.2, 0) is 4.74 Å². The van der Waals surface area contributed by atoms with Crippen molar-refractivity contribution in [2.45, 2.75) is 32.7 Å². The fourth-order valence-corrected chi connectivity index (χ4v) is 3.30. The summed E-state index contributed by atoms with van der Waals surface area (Å²) < 4.78 is 5.41. The summed E-state index contributed by atoms with van der Waals surface area (Å²) in [7, 11) is 0. The fraction of sp³-hybridized carbons (Fsp3) is 1.00. The first-order valence-corrected chi connectivity index (χ1v) is 6.92. The third-order valence-electron chi connectivity index (χ3n) is 2.69. The lowest BCUT2D eigenvalue weighted by Gasteiger charge is -2.19. The van der Waals surface area contributed by atoms with Crippen molar-refractivity contribution in [3.05, 3.63) is 0 Å². The van der Waals surface area contributed by atoms with Crippen molar-refractivity contribution < 1.29 is 4.74 Å². The first kappa shape index (κ1) is 12.3. The molecule has 1 aliphatic heterocycles. The van der Waals surface area contributed by atoms with Crippen LogP contribution in [0.5, 0.6) is 0 Å². The lowest BCUT2D eigenvalue weighted by atomic mass is 10.0. The summed E-state index contributed by atoms with van der Waals surface area (Å²) in [6, 6.07) is 0.736. The molecule has 1 N–H and O–H groups in total. The lowest BCUT2D eigenvalue weighted by Crippen LogP contribution is -2.36. The number of hydrogen-bond acceptors (Lipinski definition) is 3. The average molecular weight is 217 g/mol. The SMILES string of the molecule is CCCNC1CSCC1CCOCC. The minimum Gasteiger partial charge on any atom is -0.382 e. The van der Waals surface area contributed by atoms with Gasteiger partial charge in [0, 0.05) is 25.0 Å². The highest BCUT2D eigenvalue weighted by Crippen LogP contribution is 2.26. The summed E-state index contributed by atoms with van der Waals surface area (Å²) in [4.78, 5) is 0. The molecule has 0 spiro atoms. The van der Waals surface area contributed by atoms with Gasteiger partial charge in [-0.2, -0.15) is 11.8 Å². The third-order valence-corrected chi connectivity index (χ3v) is 3.95. The van der Waals surface area contributed by atoms with Gasteiger partial charge in [0.15, 0.2) is 0 Å². The summed E-state index contributed by atoms with van der Waals surface area (Å²) in [5.74, 6) is 3.43. The molecule has 84 valence electrons. The Balaban J connectivity index is 2.14. The van der Waals surface area contributed by atoms with E-state index in [-0.39, 0.29) is 0 Å². The summed E-state index contributed by atoms with van der Waals surface area (Å²) in [5.41, 5.74) is 0. The van der Waals surface area contributed by atoms with Crippen LogP contribution >= 0.6 is 11.8 Å². The highest BCUT2D eigenvalue weighted by atomic mass is 32.2. The molecule has 3 heteroatoms. The summed E-state index contributed by atoms with van der Waals surface area (Å²) in [6.07, 6.45) is 2.46. The molecule has 2 atom stereocenters. The number of hydrogen-bond donors (Lipinski definition) is 1. The van der Waals surface area contributed by atoms with E-state index in [0.29, 0.717) is 0 Å². The minimum absolute atomic E-state index is 0.736. The van der Waals surface area contributed by atoms with Crippen molar-refractivity contribution >= 4 is 11.8 Å². The molecule has 0 saturated carbocycles. The quantitative estimate of drug-likeness (QED) is 0.660. The van der Waals surface area contributed by atoms with Crippen LogP contribution in [0.2, 0.25) is 0 Å². The maximum absolute atomic E-state index is 5.41. The molecule has 0 aromatic carbocycles. The second-order valence-corrected chi connectivity index (χ2v) is 4.92. The molecule has 2 unspecified atom stereocenters. The molecule has 1 saturated heterocycles. The first-order valence-electron chi connectivity index (χ1n) is 5.77. The molecule has 0 amide bonds. The smallest absolute Gasteiger partial charge is 0.0469 e. The van der Waals surface area contributed by atoms with E-state index in [1.165, 1.54) is 24.3 Å². The predicted molar refractivity (Wildman–Crippen MR) is 64.0 cm³/mol. The van der Waals surface area contributed by atoms with Gasteiger partial charge in [0.05, 0.1) is 0 Å². The predicted octanol–water partition coefficient (Wildman–Crippen LogP) is 2.14. The summed E-state index contributed by atoms with van der Waals surface area (Å²) in [6.45, 7) is 7.25. The number of nitrogens with one attached hydrogen (secondary N) is 1. The van der Waals surface area contributed by atoms with Gasteiger partial charge < -0.3 is 10.1 Å². The van der Waals surface area contributed by atoms with Crippen molar-refractivity contribution in [2.75, 3.05) is 31.3 Å². The third kappa shape index (κ3) is 4.20. The van der Waals surface area contributed by atoms with Gasteiger partial charge >= 0.3 is 0 Å². The fourth-order valence-electron chi connectivity index (χ4n) is 1.82. The molecule has 1 fully saturated rings. The van der Waals surface area contributed by atoms with Crippen LogP contribution in [0.1, 0.15) is 26.7 Å². The van der Waals surface area contributed by atoms with Crippen LogP contribution in [0.4, 0.5) is 0 Å². The Bertz CT molecular complexity index is 143. The number of rotatable bonds is 7. The molecule has 1 heterocycles. The van der Waals surface area contributed by atoms with Gasteiger partial charge in [-0.25, -0.2) is 0 Å². The highest BCUT2D eigenvalue weighted by Gasteiger charge is 2.26. The molecular formula is C11H23NOS. The van der Waals surface area contributed by atoms with Crippen LogP contribution in [0, 0.1) is 5.92 Å². The van der Waals surface area contributed by atoms with Gasteiger partial charge in [0.2, 0.25) is 0 Å². The zero-order valence-electron chi connectivity index (χ0n) is 9.42. The van der Waals surface area contributed by atoms with Gasteiger partial charge in [-0.1, -0.05) is 6.92 Å². The molecule has 0 aromatic heterocycles. The first-order chi connectivity index (χ1) is 6.88. The zero-order valence-corrected chi connectivity index (χ0v) is 10.2. The molecule has 1 rings (SSSR count). The van der Waals surface area contributed by atoms with Crippen molar-refractivity contribution in [1.82, 2.24) is 5.32 Å². The normalized spacial score (nSPS) is 27.0. The van der Waals surface area contributed by atoms with Crippen LogP contribution in [0.25, 0.3) is 0 Å². The maximum Gasteiger partial charge on any atom is 0.0469 e. The van der Waals surface area contributed by atoms with E-state index >= 15 is 0 Å². The highest BCUT2D eigenvalue weighted by molar-refractivity contribution is 7.99. The Hall–Kier alpha value is 0.270. The molecule has 0 aromatic rings. The van der Waals surface area contributed by atoms with Crippen molar-refractivity contribution in [3.8, 4) is 0 Å². The van der Waals surface area contributed by atoms with Crippen molar-refractivity contribution in [1.29, 1.82) is 0 Å². The van der Waals surface area contributed by atoms with E-state index in [0.717, 1.165) is 31.7 Å². The summed E-state index contributed by atoms with van der Waals surface area (Å²) in [5, 5.41) is 3.63. The molecule has 0 aliphatic carbocycles.